The summed E-state index contributed by atoms with van der Waals surface area (Å²) < 4.78 is 22.5. The van der Waals surface area contributed by atoms with Crippen molar-refractivity contribution in [1.82, 2.24) is 9.13 Å². The van der Waals surface area contributed by atoms with Gasteiger partial charge in [-0.2, -0.15) is 0 Å². The topological polar surface area (TPSA) is 36.2 Å². The maximum Gasteiger partial charge on any atom is 0.328 e. The minimum absolute atomic E-state index is 0.0675. The van der Waals surface area contributed by atoms with Crippen LogP contribution in [0.1, 0.15) is 29.4 Å². The number of imidazole rings is 1. The highest BCUT2D eigenvalue weighted by Gasteiger charge is 2.27. The van der Waals surface area contributed by atoms with E-state index in [1.54, 1.807) is 22.2 Å². The first-order chi connectivity index (χ1) is 9.50. The lowest BCUT2D eigenvalue weighted by Crippen LogP contribution is -2.30. The molecule has 2 heterocycles. The number of ether oxygens (including phenoxy) is 1. The summed E-state index contributed by atoms with van der Waals surface area (Å²) in [7, 11) is 1.76. The van der Waals surface area contributed by atoms with Crippen LogP contribution in [0.15, 0.2) is 23.0 Å². The molecule has 0 bridgehead atoms. The molecule has 0 spiro atoms. The Morgan fingerprint density at radius 3 is 2.70 bits per heavy atom. The van der Waals surface area contributed by atoms with Crippen molar-refractivity contribution in [2.24, 2.45) is 7.05 Å². The lowest BCUT2D eigenvalue weighted by Gasteiger charge is -2.27. The standard InChI is InChI=1S/C15H17FN2O2/c1-9-10(2)18(15(19)17(9)3)13-6-7-20-14-5-4-11(16)8-12(13)14/h4-5,8,13H,6-7H2,1-3H3. The fourth-order valence-electron chi connectivity index (χ4n) is 2.85. The smallest absolute Gasteiger partial charge is 0.328 e. The van der Waals surface area contributed by atoms with Crippen LogP contribution < -0.4 is 10.4 Å². The maximum atomic E-state index is 13.5. The summed E-state index contributed by atoms with van der Waals surface area (Å²) >= 11 is 0. The van der Waals surface area contributed by atoms with Gasteiger partial charge < -0.3 is 4.74 Å². The lowest BCUT2D eigenvalue weighted by molar-refractivity contribution is 0.252. The molecular weight excluding hydrogens is 259 g/mol. The Balaban J connectivity index is 2.21. The van der Waals surface area contributed by atoms with Gasteiger partial charge in [0.15, 0.2) is 0 Å². The first-order valence-electron chi connectivity index (χ1n) is 6.67. The summed E-state index contributed by atoms with van der Waals surface area (Å²) in [6, 6.07) is 4.31. The average Bonchev–Trinajstić information content (AvgIpc) is 2.63. The third kappa shape index (κ3) is 1.77. The van der Waals surface area contributed by atoms with E-state index in [2.05, 4.69) is 0 Å². The van der Waals surface area contributed by atoms with Crippen molar-refractivity contribution in [1.29, 1.82) is 0 Å². The molecule has 0 radical (unpaired) electrons. The van der Waals surface area contributed by atoms with E-state index in [9.17, 15) is 9.18 Å². The van der Waals surface area contributed by atoms with Crippen molar-refractivity contribution in [2.45, 2.75) is 26.3 Å². The molecule has 0 saturated carbocycles. The monoisotopic (exact) mass is 276 g/mol. The van der Waals surface area contributed by atoms with E-state index in [0.29, 0.717) is 18.8 Å². The van der Waals surface area contributed by atoms with E-state index in [4.69, 9.17) is 4.74 Å². The van der Waals surface area contributed by atoms with E-state index in [-0.39, 0.29) is 17.5 Å². The number of hydrogen-bond donors (Lipinski definition) is 0. The van der Waals surface area contributed by atoms with E-state index in [1.165, 1.54) is 12.1 Å². The van der Waals surface area contributed by atoms with Gasteiger partial charge in [0.05, 0.1) is 12.6 Å². The highest BCUT2D eigenvalue weighted by atomic mass is 19.1. The highest BCUT2D eigenvalue weighted by Crippen LogP contribution is 2.35. The molecule has 1 aromatic heterocycles. The van der Waals surface area contributed by atoms with Crippen LogP contribution in [0.2, 0.25) is 0 Å². The van der Waals surface area contributed by atoms with Gasteiger partial charge in [0.2, 0.25) is 0 Å². The van der Waals surface area contributed by atoms with Gasteiger partial charge >= 0.3 is 5.69 Å². The van der Waals surface area contributed by atoms with Crippen LogP contribution in [0.5, 0.6) is 5.75 Å². The van der Waals surface area contributed by atoms with Crippen molar-refractivity contribution in [2.75, 3.05) is 6.61 Å². The number of benzene rings is 1. The van der Waals surface area contributed by atoms with Gasteiger partial charge in [-0.05, 0) is 32.0 Å². The highest BCUT2D eigenvalue weighted by molar-refractivity contribution is 5.39. The number of fused-ring (bicyclic) bond motifs is 1. The van der Waals surface area contributed by atoms with E-state index < -0.39 is 0 Å². The molecule has 1 unspecified atom stereocenters. The Kier molecular flexibility index (Phi) is 2.92. The third-order valence-electron chi connectivity index (χ3n) is 4.17. The summed E-state index contributed by atoms with van der Waals surface area (Å²) in [6.45, 7) is 4.37. The minimum atomic E-state index is -0.308. The normalized spacial score (nSPS) is 17.7. The second-order valence-corrected chi connectivity index (χ2v) is 5.22. The molecule has 1 aliphatic rings. The van der Waals surface area contributed by atoms with Gasteiger partial charge in [-0.15, -0.1) is 0 Å². The second kappa shape index (κ2) is 4.51. The molecule has 1 atom stereocenters. The maximum absolute atomic E-state index is 13.5. The first-order valence-corrected chi connectivity index (χ1v) is 6.67. The molecule has 0 amide bonds. The van der Waals surface area contributed by atoms with Gasteiger partial charge in [-0.25, -0.2) is 9.18 Å². The van der Waals surface area contributed by atoms with Crippen LogP contribution in [0.25, 0.3) is 0 Å². The molecule has 2 aromatic rings. The van der Waals surface area contributed by atoms with Crippen molar-refractivity contribution >= 4 is 0 Å². The molecular formula is C15H17FN2O2. The van der Waals surface area contributed by atoms with Crippen LogP contribution in [0, 0.1) is 19.7 Å². The van der Waals surface area contributed by atoms with Crippen molar-refractivity contribution < 1.29 is 9.13 Å². The minimum Gasteiger partial charge on any atom is -0.493 e. The molecule has 0 saturated heterocycles. The Hall–Kier alpha value is -2.04. The molecule has 106 valence electrons. The zero-order valence-corrected chi connectivity index (χ0v) is 11.8. The average molecular weight is 276 g/mol. The summed E-state index contributed by atoms with van der Waals surface area (Å²) in [4.78, 5) is 12.4. The number of halogens is 1. The van der Waals surface area contributed by atoms with E-state index in [0.717, 1.165) is 17.0 Å². The SMILES string of the molecule is Cc1c(C)n(C2CCOc3ccc(F)cc32)c(=O)n1C. The number of nitrogens with zero attached hydrogens (tertiary/aromatic N) is 2. The summed E-state index contributed by atoms with van der Waals surface area (Å²) in [6.07, 6.45) is 0.667. The second-order valence-electron chi connectivity index (χ2n) is 5.22. The number of rotatable bonds is 1. The van der Waals surface area contributed by atoms with Gasteiger partial charge in [0.25, 0.3) is 0 Å². The fraction of sp³-hybridized carbons (Fsp3) is 0.400. The van der Waals surface area contributed by atoms with Crippen molar-refractivity contribution in [3.05, 3.63) is 51.5 Å². The zero-order chi connectivity index (χ0) is 14.4. The molecule has 3 rings (SSSR count). The Labute approximate surface area is 116 Å². The molecule has 4 nitrogen and oxygen atoms in total. The van der Waals surface area contributed by atoms with Crippen LogP contribution in [0.4, 0.5) is 4.39 Å². The van der Waals surface area contributed by atoms with Gasteiger partial charge in [-0.3, -0.25) is 9.13 Å². The summed E-state index contributed by atoms with van der Waals surface area (Å²) in [5.74, 6) is 0.355. The molecule has 1 aromatic carbocycles. The van der Waals surface area contributed by atoms with Crippen molar-refractivity contribution in [3.63, 3.8) is 0 Å². The lowest BCUT2D eigenvalue weighted by atomic mass is 10.00. The molecule has 0 N–H and O–H groups in total. The molecule has 1 aliphatic heterocycles. The Morgan fingerprint density at radius 1 is 1.30 bits per heavy atom. The predicted molar refractivity (Wildman–Crippen MR) is 73.8 cm³/mol. The van der Waals surface area contributed by atoms with Crippen molar-refractivity contribution in [3.8, 4) is 5.75 Å². The van der Waals surface area contributed by atoms with E-state index >= 15 is 0 Å². The largest absolute Gasteiger partial charge is 0.493 e. The van der Waals surface area contributed by atoms with Crippen LogP contribution in [0.3, 0.4) is 0 Å². The van der Waals surface area contributed by atoms with Gasteiger partial charge in [-0.1, -0.05) is 0 Å². The summed E-state index contributed by atoms with van der Waals surface area (Å²) in [5.41, 5.74) is 2.52. The first kappa shape index (κ1) is 13.0. The zero-order valence-electron chi connectivity index (χ0n) is 11.8. The predicted octanol–water partition coefficient (Wildman–Crippen LogP) is 2.31. The quantitative estimate of drug-likeness (QED) is 0.801. The van der Waals surface area contributed by atoms with Crippen LogP contribution >= 0.6 is 0 Å². The molecule has 0 aliphatic carbocycles. The Bertz CT molecular complexity index is 730. The molecule has 20 heavy (non-hydrogen) atoms. The molecule has 0 fully saturated rings. The number of aromatic nitrogens is 2. The van der Waals surface area contributed by atoms with Gasteiger partial charge in [0.1, 0.15) is 11.6 Å². The third-order valence-corrected chi connectivity index (χ3v) is 4.17. The van der Waals surface area contributed by atoms with E-state index in [1.807, 2.05) is 13.8 Å². The summed E-state index contributed by atoms with van der Waals surface area (Å²) in [5, 5.41) is 0. The molecule has 5 heteroatoms. The fourth-order valence-corrected chi connectivity index (χ4v) is 2.85. The van der Waals surface area contributed by atoms with Gasteiger partial charge in [0, 0.05) is 30.4 Å². The number of hydrogen-bond acceptors (Lipinski definition) is 2. The Morgan fingerprint density at radius 2 is 2.05 bits per heavy atom. The van der Waals surface area contributed by atoms with Crippen LogP contribution in [-0.2, 0) is 7.05 Å². The van der Waals surface area contributed by atoms with Crippen LogP contribution in [-0.4, -0.2) is 15.7 Å².